The van der Waals surface area contributed by atoms with Gasteiger partial charge in [-0.15, -0.1) is 0 Å². The Balaban J connectivity index is 1.52. The SMILES string of the molecule is Cc1cc2n(n1)CC(C(=O)N1CCOCC1)=CN2C(=S)C[C@H](N)Cc1cc(F)c(F)cc1F. The van der Waals surface area contributed by atoms with Gasteiger partial charge in [0.1, 0.15) is 11.6 Å². The molecule has 1 fully saturated rings. The molecule has 0 unspecified atom stereocenters. The van der Waals surface area contributed by atoms with Crippen molar-refractivity contribution in [1.29, 1.82) is 0 Å². The maximum absolute atomic E-state index is 14.0. The number of fused-ring (bicyclic) bond motifs is 1. The summed E-state index contributed by atoms with van der Waals surface area (Å²) in [5.74, 6) is -2.66. The predicted molar refractivity (Wildman–Crippen MR) is 120 cm³/mol. The molecule has 2 aliphatic heterocycles. The van der Waals surface area contributed by atoms with Crippen LogP contribution in [0.5, 0.6) is 0 Å². The van der Waals surface area contributed by atoms with E-state index in [4.69, 9.17) is 22.7 Å². The first kappa shape index (κ1) is 23.4. The van der Waals surface area contributed by atoms with E-state index in [1.54, 1.807) is 20.7 Å². The Hall–Kier alpha value is -2.76. The molecule has 176 valence electrons. The number of anilines is 1. The summed E-state index contributed by atoms with van der Waals surface area (Å²) >= 11 is 5.61. The molecule has 1 aromatic heterocycles. The van der Waals surface area contributed by atoms with E-state index < -0.39 is 23.5 Å². The molecule has 7 nitrogen and oxygen atoms in total. The second kappa shape index (κ2) is 9.62. The minimum atomic E-state index is -1.25. The Kier molecular flexibility index (Phi) is 6.82. The van der Waals surface area contributed by atoms with Gasteiger partial charge in [0.2, 0.25) is 0 Å². The number of aryl methyl sites for hydroxylation is 1. The molecular weight excluding hydrogens is 455 g/mol. The summed E-state index contributed by atoms with van der Waals surface area (Å²) in [6.07, 6.45) is 1.83. The standard InChI is InChI=1S/C22H24F3N5O2S/c1-13-6-20-29(11-15(12-30(20)27-13)22(31)28-2-4-32-5-3-28)21(33)9-16(26)7-14-8-18(24)19(25)10-17(14)23/h6,8,10-11,16H,2-5,7,9,12,26H2,1H3/t16-/m1/s1. The van der Waals surface area contributed by atoms with Crippen molar-refractivity contribution in [2.75, 3.05) is 31.2 Å². The van der Waals surface area contributed by atoms with E-state index in [1.165, 1.54) is 0 Å². The van der Waals surface area contributed by atoms with E-state index in [0.717, 1.165) is 11.8 Å². The van der Waals surface area contributed by atoms with Crippen LogP contribution in [-0.4, -0.2) is 57.9 Å². The van der Waals surface area contributed by atoms with Gasteiger partial charge >= 0.3 is 0 Å². The number of aromatic nitrogens is 2. The van der Waals surface area contributed by atoms with Gasteiger partial charge in [-0.25, -0.2) is 17.9 Å². The van der Waals surface area contributed by atoms with Crippen LogP contribution in [0.25, 0.3) is 0 Å². The van der Waals surface area contributed by atoms with E-state index in [-0.39, 0.29) is 24.3 Å². The molecule has 0 radical (unpaired) electrons. The number of nitrogens with zero attached hydrogens (tertiary/aromatic N) is 4. The zero-order chi connectivity index (χ0) is 23.7. The van der Waals surface area contributed by atoms with Crippen molar-refractivity contribution < 1.29 is 22.7 Å². The molecule has 1 saturated heterocycles. The van der Waals surface area contributed by atoms with Gasteiger partial charge in [0, 0.05) is 43.9 Å². The largest absolute Gasteiger partial charge is 0.378 e. The van der Waals surface area contributed by atoms with Crippen molar-refractivity contribution >= 4 is 28.9 Å². The molecule has 2 aromatic rings. The first-order valence-corrected chi connectivity index (χ1v) is 11.0. The Morgan fingerprint density at radius 1 is 1.18 bits per heavy atom. The third-order valence-corrected chi connectivity index (χ3v) is 5.95. The van der Waals surface area contributed by atoms with Gasteiger partial charge in [0.05, 0.1) is 36.0 Å². The van der Waals surface area contributed by atoms with Crippen LogP contribution in [0.2, 0.25) is 0 Å². The summed E-state index contributed by atoms with van der Waals surface area (Å²) < 4.78 is 47.8. The lowest BCUT2D eigenvalue weighted by molar-refractivity contribution is -0.131. The van der Waals surface area contributed by atoms with Gasteiger partial charge in [-0.2, -0.15) is 5.10 Å². The molecule has 11 heteroatoms. The van der Waals surface area contributed by atoms with Crippen LogP contribution in [0.4, 0.5) is 19.0 Å². The van der Waals surface area contributed by atoms with Crippen LogP contribution in [-0.2, 0) is 22.5 Å². The Bertz CT molecular complexity index is 1110. The van der Waals surface area contributed by atoms with Crippen LogP contribution in [0.3, 0.4) is 0 Å². The highest BCUT2D eigenvalue weighted by molar-refractivity contribution is 7.80. The van der Waals surface area contributed by atoms with Crippen molar-refractivity contribution in [2.24, 2.45) is 5.73 Å². The lowest BCUT2D eigenvalue weighted by Gasteiger charge is -2.32. The van der Waals surface area contributed by atoms with Gasteiger partial charge in [-0.1, -0.05) is 12.2 Å². The highest BCUT2D eigenvalue weighted by Gasteiger charge is 2.29. The van der Waals surface area contributed by atoms with Crippen molar-refractivity contribution in [2.45, 2.75) is 32.4 Å². The van der Waals surface area contributed by atoms with E-state index in [9.17, 15) is 18.0 Å². The number of benzene rings is 1. The van der Waals surface area contributed by atoms with Crippen molar-refractivity contribution in [3.8, 4) is 0 Å². The third kappa shape index (κ3) is 5.10. The summed E-state index contributed by atoms with van der Waals surface area (Å²) in [7, 11) is 0. The minimum Gasteiger partial charge on any atom is -0.378 e. The molecule has 1 atom stereocenters. The Labute approximate surface area is 194 Å². The molecule has 3 heterocycles. The summed E-state index contributed by atoms with van der Waals surface area (Å²) in [5.41, 5.74) is 7.44. The van der Waals surface area contributed by atoms with Gasteiger partial charge in [0.25, 0.3) is 5.91 Å². The number of nitrogens with two attached hydrogens (primary N) is 1. The van der Waals surface area contributed by atoms with Gasteiger partial charge in [-0.3, -0.25) is 9.69 Å². The van der Waals surface area contributed by atoms with Crippen molar-refractivity contribution in [3.05, 3.63) is 58.7 Å². The average molecular weight is 480 g/mol. The van der Waals surface area contributed by atoms with Crippen LogP contribution in [0.1, 0.15) is 17.7 Å². The second-order valence-electron chi connectivity index (χ2n) is 8.15. The highest BCUT2D eigenvalue weighted by atomic mass is 32.1. The third-order valence-electron chi connectivity index (χ3n) is 5.58. The molecule has 0 saturated carbocycles. The molecule has 0 aliphatic carbocycles. The van der Waals surface area contributed by atoms with Crippen LogP contribution >= 0.6 is 12.2 Å². The summed E-state index contributed by atoms with van der Waals surface area (Å²) in [6.45, 7) is 4.15. The zero-order valence-electron chi connectivity index (χ0n) is 18.1. The molecule has 0 bridgehead atoms. The smallest absolute Gasteiger partial charge is 0.253 e. The molecular formula is C22H24F3N5O2S. The maximum atomic E-state index is 14.0. The maximum Gasteiger partial charge on any atom is 0.253 e. The van der Waals surface area contributed by atoms with E-state index in [0.29, 0.717) is 55.3 Å². The Morgan fingerprint density at radius 3 is 2.61 bits per heavy atom. The first-order valence-electron chi connectivity index (χ1n) is 10.6. The summed E-state index contributed by atoms with van der Waals surface area (Å²) in [4.78, 5) is 16.9. The fraction of sp³-hybridized carbons (Fsp3) is 0.409. The van der Waals surface area contributed by atoms with E-state index in [2.05, 4.69) is 5.10 Å². The predicted octanol–water partition coefficient (Wildman–Crippen LogP) is 2.46. The van der Waals surface area contributed by atoms with Crippen molar-refractivity contribution in [1.82, 2.24) is 14.7 Å². The van der Waals surface area contributed by atoms with E-state index >= 15 is 0 Å². The molecule has 0 spiro atoms. The molecule has 1 aromatic carbocycles. The number of hydrogen-bond donors (Lipinski definition) is 1. The van der Waals surface area contributed by atoms with Crippen LogP contribution < -0.4 is 10.6 Å². The summed E-state index contributed by atoms with van der Waals surface area (Å²) in [5, 5.41) is 4.46. The quantitative estimate of drug-likeness (QED) is 0.525. The number of ether oxygens (including phenoxy) is 1. The second-order valence-corrected chi connectivity index (χ2v) is 8.62. The van der Waals surface area contributed by atoms with E-state index in [1.807, 2.05) is 13.0 Å². The Morgan fingerprint density at radius 2 is 1.88 bits per heavy atom. The molecule has 2 N–H and O–H groups in total. The number of carbonyl (C=O) groups excluding carboxylic acids is 1. The van der Waals surface area contributed by atoms with Gasteiger partial charge < -0.3 is 15.4 Å². The zero-order valence-corrected chi connectivity index (χ0v) is 18.9. The average Bonchev–Trinajstić information content (AvgIpc) is 3.16. The number of thiocarbonyl (C=S) groups is 1. The van der Waals surface area contributed by atoms with Crippen LogP contribution in [0, 0.1) is 24.4 Å². The summed E-state index contributed by atoms with van der Waals surface area (Å²) in [6, 6.07) is 2.52. The fourth-order valence-electron chi connectivity index (χ4n) is 3.96. The highest BCUT2D eigenvalue weighted by Crippen LogP contribution is 2.27. The number of amides is 1. The number of carbonyl (C=O) groups is 1. The molecule has 4 rings (SSSR count). The first-order chi connectivity index (χ1) is 15.7. The number of morpholine rings is 1. The lowest BCUT2D eigenvalue weighted by Crippen LogP contribution is -2.44. The molecule has 2 aliphatic rings. The normalized spacial score (nSPS) is 16.9. The van der Waals surface area contributed by atoms with Gasteiger partial charge in [0.15, 0.2) is 11.6 Å². The van der Waals surface area contributed by atoms with Crippen molar-refractivity contribution in [3.63, 3.8) is 0 Å². The van der Waals surface area contributed by atoms with Crippen LogP contribution in [0.15, 0.2) is 30.0 Å². The minimum absolute atomic E-state index is 0.0255. The molecule has 1 amide bonds. The molecule has 33 heavy (non-hydrogen) atoms. The number of rotatable bonds is 5. The fourth-order valence-corrected chi connectivity index (χ4v) is 4.32. The number of halogens is 3. The monoisotopic (exact) mass is 479 g/mol. The number of hydrogen-bond acceptors (Lipinski definition) is 5. The van der Waals surface area contributed by atoms with Gasteiger partial charge in [-0.05, 0) is 25.0 Å². The topological polar surface area (TPSA) is 76.6 Å². The lowest BCUT2D eigenvalue weighted by atomic mass is 10.0.